The summed E-state index contributed by atoms with van der Waals surface area (Å²) in [4.78, 5) is 12.0. The standard InChI is InChI=1S/C18H17N3O4S/c1-2-25-17(22)13-21-18(20-19-12-14-8-4-3-5-9-14)15-10-6-7-11-16(15)26(21,23)24/h3-12H,2,13H2,1H3/b19-12+,20-18?. The van der Waals surface area contributed by atoms with E-state index in [4.69, 9.17) is 4.74 Å². The molecular weight excluding hydrogens is 354 g/mol. The first kappa shape index (κ1) is 17.8. The van der Waals surface area contributed by atoms with E-state index in [0.717, 1.165) is 9.87 Å². The Morgan fingerprint density at radius 2 is 1.81 bits per heavy atom. The number of benzene rings is 2. The van der Waals surface area contributed by atoms with Gasteiger partial charge < -0.3 is 4.74 Å². The Kier molecular flexibility index (Phi) is 5.13. The zero-order valence-electron chi connectivity index (χ0n) is 14.1. The molecule has 7 nitrogen and oxygen atoms in total. The van der Waals surface area contributed by atoms with Crippen molar-refractivity contribution in [3.8, 4) is 0 Å². The number of hydrogen-bond acceptors (Lipinski definition) is 6. The number of fused-ring (bicyclic) bond motifs is 1. The first-order chi connectivity index (χ1) is 12.5. The van der Waals surface area contributed by atoms with Gasteiger partial charge in [-0.05, 0) is 24.6 Å². The number of nitrogens with zero attached hydrogens (tertiary/aromatic N) is 3. The number of hydrogen-bond donors (Lipinski definition) is 0. The summed E-state index contributed by atoms with van der Waals surface area (Å²) in [7, 11) is -3.88. The highest BCUT2D eigenvalue weighted by molar-refractivity contribution is 7.90. The molecule has 8 heteroatoms. The molecule has 0 unspecified atom stereocenters. The predicted octanol–water partition coefficient (Wildman–Crippen LogP) is 2.03. The van der Waals surface area contributed by atoms with Gasteiger partial charge in [-0.25, -0.2) is 12.7 Å². The minimum atomic E-state index is -3.88. The van der Waals surface area contributed by atoms with Crippen LogP contribution in [0.25, 0.3) is 0 Å². The van der Waals surface area contributed by atoms with Crippen molar-refractivity contribution in [1.29, 1.82) is 0 Å². The largest absolute Gasteiger partial charge is 0.465 e. The van der Waals surface area contributed by atoms with Crippen LogP contribution in [0, 0.1) is 0 Å². The molecule has 2 aromatic carbocycles. The Balaban J connectivity index is 1.99. The summed E-state index contributed by atoms with van der Waals surface area (Å²) < 4.78 is 31.3. The van der Waals surface area contributed by atoms with Crippen molar-refractivity contribution >= 4 is 28.0 Å². The quantitative estimate of drug-likeness (QED) is 0.457. The zero-order chi connectivity index (χ0) is 18.6. The maximum atomic E-state index is 12.8. The molecule has 0 aromatic heterocycles. The van der Waals surface area contributed by atoms with Crippen LogP contribution in [0.2, 0.25) is 0 Å². The molecule has 0 radical (unpaired) electrons. The van der Waals surface area contributed by atoms with Crippen LogP contribution >= 0.6 is 0 Å². The second kappa shape index (κ2) is 7.49. The van der Waals surface area contributed by atoms with E-state index in [-0.39, 0.29) is 17.3 Å². The molecule has 134 valence electrons. The minimum Gasteiger partial charge on any atom is -0.465 e. The molecule has 0 N–H and O–H groups in total. The molecule has 0 atom stereocenters. The second-order valence-corrected chi connectivity index (χ2v) is 7.22. The Morgan fingerprint density at radius 1 is 1.12 bits per heavy atom. The Morgan fingerprint density at radius 3 is 2.54 bits per heavy atom. The van der Waals surface area contributed by atoms with Crippen LogP contribution < -0.4 is 0 Å². The van der Waals surface area contributed by atoms with Gasteiger partial charge in [0, 0.05) is 5.56 Å². The van der Waals surface area contributed by atoms with E-state index in [1.165, 1.54) is 12.3 Å². The summed E-state index contributed by atoms with van der Waals surface area (Å²) in [6.45, 7) is 1.37. The number of amidine groups is 1. The summed E-state index contributed by atoms with van der Waals surface area (Å²) in [5.41, 5.74) is 1.23. The van der Waals surface area contributed by atoms with Gasteiger partial charge >= 0.3 is 5.97 Å². The van der Waals surface area contributed by atoms with Crippen LogP contribution in [-0.4, -0.2) is 43.9 Å². The topological polar surface area (TPSA) is 88.4 Å². The van der Waals surface area contributed by atoms with Crippen molar-refractivity contribution in [2.75, 3.05) is 13.2 Å². The second-order valence-electron chi connectivity index (χ2n) is 5.39. The van der Waals surface area contributed by atoms with Crippen molar-refractivity contribution in [1.82, 2.24) is 4.31 Å². The molecule has 0 saturated heterocycles. The van der Waals surface area contributed by atoms with Crippen molar-refractivity contribution in [2.45, 2.75) is 11.8 Å². The van der Waals surface area contributed by atoms with E-state index in [0.29, 0.717) is 5.56 Å². The Bertz CT molecular complexity index is 969. The van der Waals surface area contributed by atoms with Crippen molar-refractivity contribution < 1.29 is 17.9 Å². The predicted molar refractivity (Wildman–Crippen MR) is 97.5 cm³/mol. The first-order valence-electron chi connectivity index (χ1n) is 7.98. The summed E-state index contributed by atoms with van der Waals surface area (Å²) in [5, 5.41) is 8.07. The van der Waals surface area contributed by atoms with Gasteiger partial charge in [0.2, 0.25) is 0 Å². The van der Waals surface area contributed by atoms with Crippen molar-refractivity contribution in [3.63, 3.8) is 0 Å². The van der Waals surface area contributed by atoms with Crippen LogP contribution in [0.1, 0.15) is 18.1 Å². The van der Waals surface area contributed by atoms with E-state index in [9.17, 15) is 13.2 Å². The number of carbonyl (C=O) groups is 1. The van der Waals surface area contributed by atoms with Crippen LogP contribution in [0.5, 0.6) is 0 Å². The molecule has 0 bridgehead atoms. The van der Waals surface area contributed by atoms with E-state index in [1.807, 2.05) is 30.3 Å². The molecule has 1 heterocycles. The van der Waals surface area contributed by atoms with Gasteiger partial charge in [-0.2, -0.15) is 5.10 Å². The fourth-order valence-electron chi connectivity index (χ4n) is 2.52. The lowest BCUT2D eigenvalue weighted by Crippen LogP contribution is -2.36. The molecule has 2 aromatic rings. The Hall–Kier alpha value is -3.00. The molecule has 1 aliphatic heterocycles. The maximum Gasteiger partial charge on any atom is 0.326 e. The minimum absolute atomic E-state index is 0.0953. The lowest BCUT2D eigenvalue weighted by Gasteiger charge is -2.16. The number of rotatable bonds is 5. The number of carbonyl (C=O) groups excluding carboxylic acids is 1. The Labute approximate surface area is 151 Å². The summed E-state index contributed by atoms with van der Waals surface area (Å²) >= 11 is 0. The van der Waals surface area contributed by atoms with Crippen LogP contribution in [0.4, 0.5) is 0 Å². The fourth-order valence-corrected chi connectivity index (χ4v) is 4.08. The molecule has 3 rings (SSSR count). The van der Waals surface area contributed by atoms with Crippen LogP contribution in [0.3, 0.4) is 0 Å². The van der Waals surface area contributed by atoms with Gasteiger partial charge in [0.25, 0.3) is 10.0 Å². The smallest absolute Gasteiger partial charge is 0.326 e. The molecule has 0 fully saturated rings. The molecule has 1 aliphatic rings. The third-order valence-electron chi connectivity index (χ3n) is 3.67. The lowest BCUT2D eigenvalue weighted by molar-refractivity contribution is -0.142. The SMILES string of the molecule is CCOC(=O)CN1C(=N/N=C/c2ccccc2)c2ccccc2S1(=O)=O. The maximum absolute atomic E-state index is 12.8. The summed E-state index contributed by atoms with van der Waals surface area (Å²) in [6.07, 6.45) is 1.52. The highest BCUT2D eigenvalue weighted by Gasteiger charge is 2.40. The van der Waals surface area contributed by atoms with Crippen LogP contribution in [0.15, 0.2) is 69.7 Å². The molecule has 0 amide bonds. The van der Waals surface area contributed by atoms with Gasteiger partial charge in [-0.1, -0.05) is 42.5 Å². The van der Waals surface area contributed by atoms with E-state index in [2.05, 4.69) is 10.2 Å². The number of esters is 1. The van der Waals surface area contributed by atoms with Crippen molar-refractivity contribution in [2.24, 2.45) is 10.2 Å². The molecule has 0 aliphatic carbocycles. The van der Waals surface area contributed by atoms with Gasteiger partial charge in [0.1, 0.15) is 6.54 Å². The van der Waals surface area contributed by atoms with Gasteiger partial charge in [0.15, 0.2) is 5.84 Å². The average molecular weight is 371 g/mol. The van der Waals surface area contributed by atoms with E-state index in [1.54, 1.807) is 25.1 Å². The molecule has 0 spiro atoms. The zero-order valence-corrected chi connectivity index (χ0v) is 14.9. The third kappa shape index (κ3) is 3.50. The molecule has 26 heavy (non-hydrogen) atoms. The van der Waals surface area contributed by atoms with Crippen molar-refractivity contribution in [3.05, 3.63) is 65.7 Å². The third-order valence-corrected chi connectivity index (χ3v) is 5.46. The highest BCUT2D eigenvalue weighted by atomic mass is 32.2. The fraction of sp³-hybridized carbons (Fsp3) is 0.167. The van der Waals surface area contributed by atoms with E-state index >= 15 is 0 Å². The summed E-state index contributed by atoms with van der Waals surface area (Å²) in [6, 6.07) is 15.7. The van der Waals surface area contributed by atoms with E-state index < -0.39 is 22.5 Å². The van der Waals surface area contributed by atoms with Gasteiger partial charge in [0.05, 0.1) is 17.7 Å². The normalized spacial score (nSPS) is 16.8. The average Bonchev–Trinajstić information content (AvgIpc) is 2.84. The molecular formula is C18H17N3O4S. The lowest BCUT2D eigenvalue weighted by atomic mass is 10.2. The van der Waals surface area contributed by atoms with Gasteiger partial charge in [-0.3, -0.25) is 4.79 Å². The van der Waals surface area contributed by atoms with Crippen LogP contribution in [-0.2, 0) is 19.6 Å². The highest BCUT2D eigenvalue weighted by Crippen LogP contribution is 2.30. The number of ether oxygens (including phenoxy) is 1. The van der Waals surface area contributed by atoms with Gasteiger partial charge in [-0.15, -0.1) is 5.10 Å². The monoisotopic (exact) mass is 371 g/mol. The number of sulfonamides is 1. The first-order valence-corrected chi connectivity index (χ1v) is 9.42. The summed E-state index contributed by atoms with van der Waals surface area (Å²) in [5.74, 6) is -0.551. The molecule has 0 saturated carbocycles.